The van der Waals surface area contributed by atoms with Gasteiger partial charge in [0.15, 0.2) is 5.69 Å². The Labute approximate surface area is 89.4 Å². The number of carboxylic acid groups (broad SMARTS) is 1. The molecule has 2 rings (SSSR count). The summed E-state index contributed by atoms with van der Waals surface area (Å²) in [6, 6.07) is 0. The zero-order valence-corrected chi connectivity index (χ0v) is 8.70. The van der Waals surface area contributed by atoms with Crippen molar-refractivity contribution in [3.8, 4) is 0 Å². The smallest absolute Gasteiger partial charge is 0.354 e. The minimum absolute atomic E-state index is 0.0781. The minimum atomic E-state index is -1.05. The van der Waals surface area contributed by atoms with Crippen LogP contribution in [0, 0.1) is 0 Å². The van der Waals surface area contributed by atoms with Crippen molar-refractivity contribution in [1.82, 2.24) is 4.98 Å². The molecule has 80 valence electrons. The SMILES string of the molecule is CSc1[nH]c(C(=O)O)c2c1NC(=O)CN2. The number of hydrogen-bond donors (Lipinski definition) is 4. The van der Waals surface area contributed by atoms with Gasteiger partial charge in [0.1, 0.15) is 0 Å². The quantitative estimate of drug-likeness (QED) is 0.561. The predicted octanol–water partition coefficient (Wildman–Crippen LogP) is 0.799. The Bertz CT molecular complexity index is 441. The van der Waals surface area contributed by atoms with Crippen molar-refractivity contribution in [3.63, 3.8) is 0 Å². The number of aromatic amines is 1. The molecule has 4 N–H and O–H groups in total. The molecule has 15 heavy (non-hydrogen) atoms. The molecule has 0 aliphatic carbocycles. The van der Waals surface area contributed by atoms with Gasteiger partial charge in [0, 0.05) is 0 Å². The van der Waals surface area contributed by atoms with E-state index in [2.05, 4.69) is 15.6 Å². The number of hydrogen-bond acceptors (Lipinski definition) is 4. The van der Waals surface area contributed by atoms with E-state index in [1.807, 2.05) is 0 Å². The van der Waals surface area contributed by atoms with E-state index in [-0.39, 0.29) is 18.1 Å². The van der Waals surface area contributed by atoms with Crippen LogP contribution in [-0.2, 0) is 4.79 Å². The number of anilines is 2. The number of H-pyrrole nitrogens is 1. The number of fused-ring (bicyclic) bond motifs is 1. The van der Waals surface area contributed by atoms with Gasteiger partial charge in [-0.15, -0.1) is 11.8 Å². The van der Waals surface area contributed by atoms with Gasteiger partial charge < -0.3 is 20.7 Å². The highest BCUT2D eigenvalue weighted by molar-refractivity contribution is 7.98. The monoisotopic (exact) mass is 227 g/mol. The molecule has 0 bridgehead atoms. The number of aromatic carboxylic acids is 1. The van der Waals surface area contributed by atoms with Gasteiger partial charge in [0.25, 0.3) is 0 Å². The number of amides is 1. The third-order valence-corrected chi connectivity index (χ3v) is 2.79. The summed E-state index contributed by atoms with van der Waals surface area (Å²) in [6.07, 6.45) is 1.80. The Hall–Kier alpha value is -1.63. The number of carbonyl (C=O) groups excluding carboxylic acids is 1. The molecular weight excluding hydrogens is 218 g/mol. The van der Waals surface area contributed by atoms with Crippen LogP contribution in [0.1, 0.15) is 10.5 Å². The molecule has 7 heteroatoms. The van der Waals surface area contributed by atoms with Crippen LogP contribution in [0.3, 0.4) is 0 Å². The van der Waals surface area contributed by atoms with Gasteiger partial charge in [-0.3, -0.25) is 4.79 Å². The third kappa shape index (κ3) is 1.54. The van der Waals surface area contributed by atoms with Crippen molar-refractivity contribution in [2.75, 3.05) is 23.4 Å². The first kappa shape index (κ1) is 9.91. The highest BCUT2D eigenvalue weighted by atomic mass is 32.2. The van der Waals surface area contributed by atoms with E-state index in [1.165, 1.54) is 11.8 Å². The Morgan fingerprint density at radius 2 is 2.20 bits per heavy atom. The first-order chi connectivity index (χ1) is 7.13. The van der Waals surface area contributed by atoms with Crippen LogP contribution in [0.25, 0.3) is 0 Å². The minimum Gasteiger partial charge on any atom is -0.477 e. The standard InChI is InChI=1S/C8H9N3O3S/c1-15-7-5-4(6(11-7)8(13)14)9-2-3(12)10-5/h9,11H,2H2,1H3,(H,10,12)(H,13,14). The lowest BCUT2D eigenvalue weighted by Crippen LogP contribution is -2.27. The lowest BCUT2D eigenvalue weighted by Gasteiger charge is -2.15. The van der Waals surface area contributed by atoms with Gasteiger partial charge in [-0.05, 0) is 6.26 Å². The fourth-order valence-electron chi connectivity index (χ4n) is 1.44. The summed E-state index contributed by atoms with van der Waals surface area (Å²) < 4.78 is 0. The van der Waals surface area contributed by atoms with Crippen molar-refractivity contribution < 1.29 is 14.7 Å². The van der Waals surface area contributed by atoms with Crippen molar-refractivity contribution in [3.05, 3.63) is 5.69 Å². The maximum atomic E-state index is 11.1. The lowest BCUT2D eigenvalue weighted by molar-refractivity contribution is -0.114. The Balaban J connectivity index is 2.54. The number of aromatic nitrogens is 1. The first-order valence-electron chi connectivity index (χ1n) is 4.20. The molecule has 0 spiro atoms. The van der Waals surface area contributed by atoms with Crippen LogP contribution in [0.4, 0.5) is 11.4 Å². The van der Waals surface area contributed by atoms with Gasteiger partial charge in [0.2, 0.25) is 5.91 Å². The molecule has 1 aliphatic rings. The van der Waals surface area contributed by atoms with Crippen LogP contribution in [0.2, 0.25) is 0 Å². The van der Waals surface area contributed by atoms with E-state index in [0.717, 1.165) is 0 Å². The largest absolute Gasteiger partial charge is 0.477 e. The van der Waals surface area contributed by atoms with Gasteiger partial charge in [-0.25, -0.2) is 4.79 Å². The molecule has 1 amide bonds. The summed E-state index contributed by atoms with van der Waals surface area (Å²) in [5, 5.41) is 15.0. The normalized spacial score (nSPS) is 14.1. The molecule has 2 heterocycles. The predicted molar refractivity (Wildman–Crippen MR) is 56.7 cm³/mol. The second kappa shape index (κ2) is 3.50. The average Bonchev–Trinajstić information content (AvgIpc) is 2.55. The molecule has 0 atom stereocenters. The molecule has 0 saturated heterocycles. The third-order valence-electron chi connectivity index (χ3n) is 2.07. The molecule has 6 nitrogen and oxygen atoms in total. The summed E-state index contributed by atoms with van der Waals surface area (Å²) in [7, 11) is 0. The maximum absolute atomic E-state index is 11.1. The van der Waals surface area contributed by atoms with Crippen LogP contribution >= 0.6 is 11.8 Å². The second-order valence-electron chi connectivity index (χ2n) is 2.99. The van der Waals surface area contributed by atoms with E-state index in [0.29, 0.717) is 16.4 Å². The summed E-state index contributed by atoms with van der Waals surface area (Å²) in [4.78, 5) is 24.8. The molecule has 0 aromatic carbocycles. The fraction of sp³-hybridized carbons (Fsp3) is 0.250. The van der Waals surface area contributed by atoms with Crippen molar-refractivity contribution in [2.45, 2.75) is 5.03 Å². The summed E-state index contributed by atoms with van der Waals surface area (Å²) in [6.45, 7) is 0.0962. The number of nitrogens with one attached hydrogen (secondary N) is 3. The molecule has 1 aromatic heterocycles. The van der Waals surface area contributed by atoms with Gasteiger partial charge in [-0.2, -0.15) is 0 Å². The number of carbonyl (C=O) groups is 2. The van der Waals surface area contributed by atoms with Gasteiger partial charge >= 0.3 is 5.97 Å². The van der Waals surface area contributed by atoms with E-state index in [9.17, 15) is 9.59 Å². The molecule has 1 aromatic rings. The Morgan fingerprint density at radius 3 is 2.80 bits per heavy atom. The number of rotatable bonds is 2. The Kier molecular flexibility index (Phi) is 2.31. The first-order valence-corrected chi connectivity index (χ1v) is 5.43. The summed E-state index contributed by atoms with van der Waals surface area (Å²) >= 11 is 1.35. The fourth-order valence-corrected chi connectivity index (χ4v) is 2.00. The van der Waals surface area contributed by atoms with Crippen LogP contribution in [-0.4, -0.2) is 34.8 Å². The molecular formula is C8H9N3O3S. The second-order valence-corrected chi connectivity index (χ2v) is 3.81. The Morgan fingerprint density at radius 1 is 1.47 bits per heavy atom. The zero-order valence-electron chi connectivity index (χ0n) is 7.88. The van der Waals surface area contributed by atoms with Crippen molar-refractivity contribution >= 4 is 35.0 Å². The maximum Gasteiger partial charge on any atom is 0.354 e. The topological polar surface area (TPSA) is 94.2 Å². The molecule has 0 saturated carbocycles. The lowest BCUT2D eigenvalue weighted by atomic mass is 10.3. The van der Waals surface area contributed by atoms with E-state index in [1.54, 1.807) is 6.26 Å². The van der Waals surface area contributed by atoms with Crippen molar-refractivity contribution in [1.29, 1.82) is 0 Å². The molecule has 0 unspecified atom stereocenters. The van der Waals surface area contributed by atoms with E-state index < -0.39 is 5.97 Å². The van der Waals surface area contributed by atoms with Crippen LogP contribution in [0.15, 0.2) is 5.03 Å². The van der Waals surface area contributed by atoms with E-state index >= 15 is 0 Å². The summed E-state index contributed by atoms with van der Waals surface area (Å²) in [5.41, 5.74) is 1.05. The van der Waals surface area contributed by atoms with E-state index in [4.69, 9.17) is 5.11 Å². The molecule has 0 radical (unpaired) electrons. The van der Waals surface area contributed by atoms with Crippen molar-refractivity contribution in [2.24, 2.45) is 0 Å². The van der Waals surface area contributed by atoms with Gasteiger partial charge in [0.05, 0.1) is 22.9 Å². The highest BCUT2D eigenvalue weighted by Gasteiger charge is 2.26. The highest BCUT2D eigenvalue weighted by Crippen LogP contribution is 2.37. The number of thioether (sulfide) groups is 1. The number of carboxylic acids is 1. The average molecular weight is 227 g/mol. The van der Waals surface area contributed by atoms with Crippen LogP contribution in [0.5, 0.6) is 0 Å². The molecule has 1 aliphatic heterocycles. The van der Waals surface area contributed by atoms with Gasteiger partial charge in [-0.1, -0.05) is 0 Å². The molecule has 0 fully saturated rings. The summed E-state index contributed by atoms with van der Waals surface area (Å²) in [5.74, 6) is -1.22. The zero-order chi connectivity index (χ0) is 11.0. The van der Waals surface area contributed by atoms with Crippen LogP contribution < -0.4 is 10.6 Å².